The molecule has 0 radical (unpaired) electrons. The van der Waals surface area contributed by atoms with Crippen LogP contribution in [0.4, 0.5) is 0 Å². The smallest absolute Gasteiger partial charge is 0.166 e. The molecule has 6 aliphatic rings. The Balaban J connectivity index is 1.71. The van der Waals surface area contributed by atoms with Gasteiger partial charge in [0.25, 0.3) is 0 Å². The van der Waals surface area contributed by atoms with Crippen LogP contribution in [0.2, 0.25) is 0 Å². The lowest BCUT2D eigenvalue weighted by molar-refractivity contribution is -0.286. The van der Waals surface area contributed by atoms with Crippen molar-refractivity contribution in [2.75, 3.05) is 20.7 Å². The van der Waals surface area contributed by atoms with E-state index < -0.39 is 16.8 Å². The molecule has 7 rings (SSSR count). The number of ether oxygens (including phenoxy) is 2. The number of rotatable bonds is 4. The van der Waals surface area contributed by atoms with Gasteiger partial charge in [-0.25, -0.2) is 0 Å². The number of nitrogens with zero attached hydrogens (tertiary/aromatic N) is 1. The van der Waals surface area contributed by atoms with E-state index >= 15 is 0 Å². The Morgan fingerprint density at radius 2 is 2.10 bits per heavy atom. The highest BCUT2D eigenvalue weighted by molar-refractivity contribution is 5.67. The topological polar surface area (TPSA) is 62.2 Å². The van der Waals surface area contributed by atoms with E-state index in [-0.39, 0.29) is 22.5 Å². The maximum atomic E-state index is 11.8. The second kappa shape index (κ2) is 5.67. The van der Waals surface area contributed by atoms with Gasteiger partial charge in [-0.15, -0.1) is 0 Å². The molecule has 0 amide bonds. The van der Waals surface area contributed by atoms with E-state index in [9.17, 15) is 10.2 Å². The molecule has 2 aliphatic heterocycles. The van der Waals surface area contributed by atoms with E-state index in [2.05, 4.69) is 44.0 Å². The fraction of sp³-hybridized carbons (Fsp3) is 0.692. The van der Waals surface area contributed by atoms with Crippen LogP contribution in [0.3, 0.4) is 0 Å². The molecule has 31 heavy (non-hydrogen) atoms. The summed E-state index contributed by atoms with van der Waals surface area (Å²) in [7, 11) is 4.01. The quantitative estimate of drug-likeness (QED) is 0.723. The van der Waals surface area contributed by atoms with Crippen LogP contribution < -0.4 is 4.74 Å². The number of phenolic OH excluding ortho intramolecular Hbond substituents is 1. The lowest BCUT2D eigenvalue weighted by atomic mass is 9.32. The Kier molecular flexibility index (Phi) is 3.67. The number of benzene rings is 1. The molecule has 2 spiro atoms. The van der Waals surface area contributed by atoms with Crippen LogP contribution in [0.25, 0.3) is 0 Å². The molecule has 2 N–H and O–H groups in total. The van der Waals surface area contributed by atoms with Crippen LogP contribution in [0.5, 0.6) is 11.5 Å². The summed E-state index contributed by atoms with van der Waals surface area (Å²) >= 11 is 0. The second-order valence-corrected chi connectivity index (χ2v) is 11.2. The molecular formula is C26H35NO4. The van der Waals surface area contributed by atoms with Gasteiger partial charge in [0.15, 0.2) is 11.5 Å². The fourth-order valence-electron chi connectivity index (χ4n) is 9.06. The molecule has 5 nitrogen and oxygen atoms in total. The number of likely N-dealkylation sites (tertiary alicyclic amines) is 1. The third-order valence-electron chi connectivity index (χ3n) is 10.2. The molecule has 5 heteroatoms. The van der Waals surface area contributed by atoms with Gasteiger partial charge in [-0.05, 0) is 64.8 Å². The van der Waals surface area contributed by atoms with E-state index in [4.69, 9.17) is 9.47 Å². The molecule has 2 heterocycles. The lowest BCUT2D eigenvalue weighted by Crippen LogP contribution is -2.85. The first kappa shape index (κ1) is 20.1. The zero-order valence-corrected chi connectivity index (χ0v) is 19.4. The first-order chi connectivity index (χ1) is 14.6. The van der Waals surface area contributed by atoms with Crippen molar-refractivity contribution in [3.05, 3.63) is 35.4 Å². The van der Waals surface area contributed by atoms with Crippen LogP contribution in [-0.2, 0) is 16.6 Å². The van der Waals surface area contributed by atoms with Gasteiger partial charge in [0, 0.05) is 30.0 Å². The summed E-state index contributed by atoms with van der Waals surface area (Å²) < 4.78 is 13.4. The van der Waals surface area contributed by atoms with Gasteiger partial charge in [-0.1, -0.05) is 31.6 Å². The van der Waals surface area contributed by atoms with Gasteiger partial charge < -0.3 is 24.6 Å². The number of likely N-dealkylation sites (N-methyl/N-ethyl adjacent to an activating group) is 1. The van der Waals surface area contributed by atoms with Crippen molar-refractivity contribution in [3.63, 3.8) is 0 Å². The Labute approximate surface area is 185 Å². The number of fused-ring (bicyclic) bond motifs is 1. The van der Waals surface area contributed by atoms with Gasteiger partial charge in [0.1, 0.15) is 11.2 Å². The first-order valence-corrected chi connectivity index (χ1v) is 11.9. The molecule has 1 saturated heterocycles. The van der Waals surface area contributed by atoms with Crippen molar-refractivity contribution in [3.8, 4) is 11.5 Å². The minimum absolute atomic E-state index is 0.0971. The van der Waals surface area contributed by atoms with Gasteiger partial charge in [0.2, 0.25) is 0 Å². The number of hydrogen-bond donors (Lipinski definition) is 2. The van der Waals surface area contributed by atoms with E-state index in [1.807, 2.05) is 6.92 Å². The monoisotopic (exact) mass is 425 g/mol. The van der Waals surface area contributed by atoms with E-state index in [0.717, 1.165) is 38.6 Å². The Morgan fingerprint density at radius 3 is 2.81 bits per heavy atom. The summed E-state index contributed by atoms with van der Waals surface area (Å²) in [5.41, 5.74) is -0.290. The zero-order chi connectivity index (χ0) is 22.0. The summed E-state index contributed by atoms with van der Waals surface area (Å²) in [6.45, 7) is 7.29. The van der Waals surface area contributed by atoms with Gasteiger partial charge in [-0.3, -0.25) is 0 Å². The third-order valence-corrected chi connectivity index (χ3v) is 10.2. The lowest BCUT2D eigenvalue weighted by Gasteiger charge is -2.75. The SMILES string of the molecule is CCC[C@](C)(O)[C@@H]1C[C@@]23C=C[C@@]1(OC)[C@]1(C)Oc4c(O)ccc5c4[C@@]12CCN(C)[C@H]3C5. The highest BCUT2D eigenvalue weighted by Gasteiger charge is 2.85. The van der Waals surface area contributed by atoms with E-state index in [1.165, 1.54) is 11.1 Å². The first-order valence-electron chi connectivity index (χ1n) is 11.9. The number of aliphatic hydroxyl groups is 1. The molecule has 0 unspecified atom stereocenters. The number of hydrogen-bond acceptors (Lipinski definition) is 5. The predicted octanol–water partition coefficient (Wildman–Crippen LogP) is 3.55. The molecular weight excluding hydrogens is 390 g/mol. The summed E-state index contributed by atoms with van der Waals surface area (Å²) in [4.78, 5) is 2.51. The van der Waals surface area contributed by atoms with Crippen LogP contribution in [0.15, 0.2) is 24.3 Å². The largest absolute Gasteiger partial charge is 0.504 e. The number of methoxy groups -OCH3 is 1. The molecule has 7 atom stereocenters. The third kappa shape index (κ3) is 1.82. The maximum absolute atomic E-state index is 11.8. The van der Waals surface area contributed by atoms with Crippen molar-refractivity contribution in [1.82, 2.24) is 4.90 Å². The summed E-state index contributed by atoms with van der Waals surface area (Å²) in [6, 6.07) is 4.22. The van der Waals surface area contributed by atoms with Crippen molar-refractivity contribution >= 4 is 0 Å². The van der Waals surface area contributed by atoms with Crippen LogP contribution in [0, 0.1) is 11.3 Å². The Morgan fingerprint density at radius 1 is 1.32 bits per heavy atom. The molecule has 1 aromatic rings. The van der Waals surface area contributed by atoms with Gasteiger partial charge in [0.05, 0.1) is 11.0 Å². The van der Waals surface area contributed by atoms with E-state index in [1.54, 1.807) is 13.2 Å². The molecule has 168 valence electrons. The summed E-state index contributed by atoms with van der Waals surface area (Å²) in [5, 5.41) is 22.7. The normalized spacial score (nSPS) is 45.9. The van der Waals surface area contributed by atoms with E-state index in [0.29, 0.717) is 11.8 Å². The minimum Gasteiger partial charge on any atom is -0.504 e. The zero-order valence-electron chi connectivity index (χ0n) is 19.4. The molecule has 2 fully saturated rings. The highest BCUT2D eigenvalue weighted by atomic mass is 16.6. The number of phenols is 1. The van der Waals surface area contributed by atoms with Crippen molar-refractivity contribution < 1.29 is 19.7 Å². The minimum atomic E-state index is -0.875. The molecule has 4 aliphatic carbocycles. The average Bonchev–Trinajstić information content (AvgIpc) is 3.03. The van der Waals surface area contributed by atoms with Crippen molar-refractivity contribution in [2.45, 2.75) is 81.1 Å². The highest BCUT2D eigenvalue weighted by Crippen LogP contribution is 2.79. The van der Waals surface area contributed by atoms with Gasteiger partial charge >= 0.3 is 0 Å². The average molecular weight is 426 g/mol. The molecule has 1 aromatic carbocycles. The fourth-order valence-corrected chi connectivity index (χ4v) is 9.06. The van der Waals surface area contributed by atoms with Crippen LogP contribution >= 0.6 is 0 Å². The summed E-state index contributed by atoms with van der Waals surface area (Å²) in [5.74, 6) is 0.771. The molecule has 1 saturated carbocycles. The number of piperidine rings is 1. The number of aromatic hydroxyl groups is 1. The standard InChI is InChI=1S/C26H35NO4/c1-6-9-22(2,29)18-15-24-10-11-26(18,30-5)23(3)25(24)12-13-27(4)19(24)14-16-7-8-17(28)21(31-23)20(16)25/h7-8,10-11,18-19,28-29H,6,9,12-15H2,1-5H3/t18-,19-,22-,23+,24+,25-,26-/m0/s1. The Hall–Kier alpha value is -1.56. The molecule has 4 bridgehead atoms. The molecule has 0 aromatic heterocycles. The van der Waals surface area contributed by atoms with Crippen LogP contribution in [0.1, 0.15) is 57.6 Å². The van der Waals surface area contributed by atoms with Crippen molar-refractivity contribution in [2.24, 2.45) is 11.3 Å². The van der Waals surface area contributed by atoms with Crippen LogP contribution in [-0.4, -0.2) is 58.7 Å². The van der Waals surface area contributed by atoms with Crippen molar-refractivity contribution in [1.29, 1.82) is 0 Å². The summed E-state index contributed by atoms with van der Waals surface area (Å²) in [6.07, 6.45) is 9.04. The predicted molar refractivity (Wildman–Crippen MR) is 119 cm³/mol. The van der Waals surface area contributed by atoms with Gasteiger partial charge in [-0.2, -0.15) is 0 Å². The maximum Gasteiger partial charge on any atom is 0.166 e. The second-order valence-electron chi connectivity index (χ2n) is 11.2. The Bertz CT molecular complexity index is 1000.